The molecule has 30 heavy (non-hydrogen) atoms. The van der Waals surface area contributed by atoms with Crippen LogP contribution in [0.2, 0.25) is 0 Å². The molecule has 5 rings (SSSR count). The van der Waals surface area contributed by atoms with Crippen molar-refractivity contribution in [2.24, 2.45) is 0 Å². The number of nitrogens with zero attached hydrogens (tertiary/aromatic N) is 4. The maximum atomic E-state index is 12.8. The minimum absolute atomic E-state index is 0.145. The van der Waals surface area contributed by atoms with Crippen molar-refractivity contribution in [2.45, 2.75) is 25.3 Å². The van der Waals surface area contributed by atoms with E-state index in [1.165, 1.54) is 0 Å². The number of rotatable bonds is 4. The van der Waals surface area contributed by atoms with Crippen LogP contribution in [0.1, 0.15) is 30.9 Å². The Morgan fingerprint density at radius 1 is 1.13 bits per heavy atom. The molecule has 3 heterocycles. The van der Waals surface area contributed by atoms with Crippen LogP contribution in [0.25, 0.3) is 11.4 Å². The predicted octanol–water partition coefficient (Wildman–Crippen LogP) is 3.38. The molecule has 0 amide bonds. The van der Waals surface area contributed by atoms with E-state index in [0.29, 0.717) is 29.7 Å². The lowest BCUT2D eigenvalue weighted by Crippen LogP contribution is -2.31. The monoisotopic (exact) mass is 403 g/mol. The van der Waals surface area contributed by atoms with Crippen LogP contribution in [0.5, 0.6) is 11.5 Å². The molecular weight excluding hydrogens is 382 g/mol. The number of methoxy groups -OCH3 is 2. The van der Waals surface area contributed by atoms with Gasteiger partial charge in [-0.15, -0.1) is 5.10 Å². The summed E-state index contributed by atoms with van der Waals surface area (Å²) in [7, 11) is 3.19. The van der Waals surface area contributed by atoms with E-state index in [2.05, 4.69) is 10.3 Å². The molecule has 2 aliphatic rings. The first kappa shape index (κ1) is 18.4. The molecule has 152 valence electrons. The smallest absolute Gasteiger partial charge is 0.226 e. The summed E-state index contributed by atoms with van der Waals surface area (Å²) in [4.78, 5) is 21.8. The number of ketones is 1. The Kier molecular flexibility index (Phi) is 4.46. The van der Waals surface area contributed by atoms with Crippen molar-refractivity contribution in [2.75, 3.05) is 19.5 Å². The number of hydrogen-bond donors (Lipinski definition) is 1. The third-order valence-corrected chi connectivity index (χ3v) is 5.51. The zero-order valence-corrected chi connectivity index (χ0v) is 16.8. The van der Waals surface area contributed by atoms with Gasteiger partial charge in [0.2, 0.25) is 5.95 Å². The molecule has 2 aromatic heterocycles. The molecule has 1 N–H and O–H groups in total. The highest BCUT2D eigenvalue weighted by Gasteiger charge is 2.37. The van der Waals surface area contributed by atoms with Gasteiger partial charge in [-0.25, -0.2) is 4.68 Å². The summed E-state index contributed by atoms with van der Waals surface area (Å²) in [5.74, 6) is 2.54. The maximum absolute atomic E-state index is 12.8. The number of nitrogens with one attached hydrogen (secondary N) is 1. The van der Waals surface area contributed by atoms with Crippen molar-refractivity contribution >= 4 is 11.7 Å². The zero-order valence-electron chi connectivity index (χ0n) is 16.8. The van der Waals surface area contributed by atoms with E-state index >= 15 is 0 Å². The van der Waals surface area contributed by atoms with Gasteiger partial charge in [-0.2, -0.15) is 4.98 Å². The molecule has 0 saturated heterocycles. The van der Waals surface area contributed by atoms with E-state index in [1.54, 1.807) is 31.3 Å². The number of fused-ring (bicyclic) bond motifs is 1. The molecular formula is C22H21N5O3. The Morgan fingerprint density at radius 3 is 2.77 bits per heavy atom. The van der Waals surface area contributed by atoms with E-state index in [4.69, 9.17) is 19.6 Å². The molecule has 0 saturated carbocycles. The van der Waals surface area contributed by atoms with Crippen LogP contribution < -0.4 is 14.8 Å². The predicted molar refractivity (Wildman–Crippen MR) is 110 cm³/mol. The Labute approximate surface area is 173 Å². The molecule has 3 aromatic rings. The molecule has 1 aliphatic carbocycles. The molecule has 8 nitrogen and oxygen atoms in total. The maximum Gasteiger partial charge on any atom is 0.226 e. The standard InChI is InChI=1S/C22H21N5O3/c1-29-17-9-8-13(11-18(17)30-2)21-25-22-24-15-6-3-7-16(28)19(15)20(27(22)26-21)14-5-4-10-23-12-14/h4-5,8-12,20H,3,6-7H2,1-2H3,(H,24,25,26)/t20-/m1/s1. The minimum atomic E-state index is -0.348. The fraction of sp³-hybridized carbons (Fsp3) is 0.273. The number of carbonyl (C=O) groups is 1. The number of carbonyl (C=O) groups excluding carboxylic acids is 1. The fourth-order valence-electron chi connectivity index (χ4n) is 4.10. The lowest BCUT2D eigenvalue weighted by atomic mass is 9.86. The number of Topliss-reactive ketones (excluding diaryl/α,β-unsaturated/α-hetero) is 1. The number of aromatic nitrogens is 4. The van der Waals surface area contributed by atoms with Gasteiger partial charge < -0.3 is 14.8 Å². The van der Waals surface area contributed by atoms with E-state index in [9.17, 15) is 4.79 Å². The first-order valence-electron chi connectivity index (χ1n) is 9.81. The van der Waals surface area contributed by atoms with Crippen molar-refractivity contribution in [1.29, 1.82) is 0 Å². The van der Waals surface area contributed by atoms with Gasteiger partial charge in [0.25, 0.3) is 0 Å². The Balaban J connectivity index is 1.64. The number of benzene rings is 1. The average molecular weight is 403 g/mol. The Bertz CT molecular complexity index is 1150. The van der Waals surface area contributed by atoms with Gasteiger partial charge in [0.15, 0.2) is 23.1 Å². The number of allylic oxidation sites excluding steroid dienone is 2. The third-order valence-electron chi connectivity index (χ3n) is 5.51. The first-order chi connectivity index (χ1) is 14.7. The second-order valence-corrected chi connectivity index (χ2v) is 7.26. The number of hydrogen-bond acceptors (Lipinski definition) is 7. The summed E-state index contributed by atoms with van der Waals surface area (Å²) < 4.78 is 12.5. The van der Waals surface area contributed by atoms with Gasteiger partial charge in [-0.3, -0.25) is 9.78 Å². The highest BCUT2D eigenvalue weighted by atomic mass is 16.5. The summed E-state index contributed by atoms with van der Waals surface area (Å²) in [5.41, 5.74) is 3.39. The van der Waals surface area contributed by atoms with Crippen LogP contribution in [0, 0.1) is 0 Å². The van der Waals surface area contributed by atoms with Crippen molar-refractivity contribution < 1.29 is 14.3 Å². The third kappa shape index (κ3) is 2.92. The van der Waals surface area contributed by atoms with Gasteiger partial charge >= 0.3 is 0 Å². The number of pyridine rings is 1. The van der Waals surface area contributed by atoms with Crippen molar-refractivity contribution in [1.82, 2.24) is 19.7 Å². The average Bonchev–Trinajstić information content (AvgIpc) is 3.21. The van der Waals surface area contributed by atoms with Crippen molar-refractivity contribution in [3.05, 3.63) is 59.6 Å². The summed E-state index contributed by atoms with van der Waals surface area (Å²) >= 11 is 0. The van der Waals surface area contributed by atoms with Crippen LogP contribution in [0.4, 0.5) is 5.95 Å². The normalized spacial score (nSPS) is 17.8. The van der Waals surface area contributed by atoms with E-state index in [-0.39, 0.29) is 11.8 Å². The summed E-state index contributed by atoms with van der Waals surface area (Å²) in [6, 6.07) is 9.05. The van der Waals surface area contributed by atoms with Gasteiger partial charge in [-0.1, -0.05) is 6.07 Å². The molecule has 1 aromatic carbocycles. The van der Waals surface area contributed by atoms with E-state index in [0.717, 1.165) is 35.2 Å². The second-order valence-electron chi connectivity index (χ2n) is 7.26. The summed E-state index contributed by atoms with van der Waals surface area (Å²) in [6.07, 6.45) is 5.70. The van der Waals surface area contributed by atoms with Crippen LogP contribution in [-0.4, -0.2) is 39.8 Å². The van der Waals surface area contributed by atoms with Gasteiger partial charge in [-0.05, 0) is 42.7 Å². The Hall–Kier alpha value is -3.68. The first-order valence-corrected chi connectivity index (χ1v) is 9.81. The van der Waals surface area contributed by atoms with Crippen LogP contribution in [0.15, 0.2) is 54.0 Å². The minimum Gasteiger partial charge on any atom is -0.493 e. The van der Waals surface area contributed by atoms with Gasteiger partial charge in [0.05, 0.1) is 14.2 Å². The molecule has 0 spiro atoms. The lowest BCUT2D eigenvalue weighted by Gasteiger charge is -2.31. The topological polar surface area (TPSA) is 91.2 Å². The highest BCUT2D eigenvalue weighted by Crippen LogP contribution is 2.41. The number of anilines is 1. The summed E-state index contributed by atoms with van der Waals surface area (Å²) in [6.45, 7) is 0. The lowest BCUT2D eigenvalue weighted by molar-refractivity contribution is -0.116. The van der Waals surface area contributed by atoms with Gasteiger partial charge in [0, 0.05) is 35.6 Å². The molecule has 0 unspecified atom stereocenters. The zero-order chi connectivity index (χ0) is 20.7. The van der Waals surface area contributed by atoms with Crippen LogP contribution in [-0.2, 0) is 4.79 Å². The molecule has 1 atom stereocenters. The SMILES string of the molecule is COc1ccc(-c2nc3n(n2)[C@H](c2cccnc2)C2=C(CCCC2=O)N3)cc1OC. The molecule has 0 bridgehead atoms. The molecule has 1 aliphatic heterocycles. The largest absolute Gasteiger partial charge is 0.493 e. The van der Waals surface area contributed by atoms with Crippen molar-refractivity contribution in [3.8, 4) is 22.9 Å². The molecule has 0 radical (unpaired) electrons. The Morgan fingerprint density at radius 2 is 2.00 bits per heavy atom. The molecule has 8 heteroatoms. The molecule has 0 fully saturated rings. The van der Waals surface area contributed by atoms with E-state index < -0.39 is 0 Å². The highest BCUT2D eigenvalue weighted by molar-refractivity contribution is 5.99. The van der Waals surface area contributed by atoms with Crippen LogP contribution >= 0.6 is 0 Å². The van der Waals surface area contributed by atoms with Crippen molar-refractivity contribution in [3.63, 3.8) is 0 Å². The quantitative estimate of drug-likeness (QED) is 0.714. The number of ether oxygens (including phenoxy) is 2. The van der Waals surface area contributed by atoms with Crippen LogP contribution in [0.3, 0.4) is 0 Å². The van der Waals surface area contributed by atoms with Gasteiger partial charge in [0.1, 0.15) is 6.04 Å². The fourth-order valence-corrected chi connectivity index (χ4v) is 4.10. The van der Waals surface area contributed by atoms with E-state index in [1.807, 2.05) is 30.3 Å². The summed E-state index contributed by atoms with van der Waals surface area (Å²) in [5, 5.41) is 8.11. The second kappa shape index (κ2) is 7.29.